The molecule has 0 radical (unpaired) electrons. The molecule has 0 saturated carbocycles. The Bertz CT molecular complexity index is 725. The van der Waals surface area contributed by atoms with Crippen LogP contribution in [-0.2, 0) is 13.0 Å². The monoisotopic (exact) mass is 406 g/mol. The second-order valence-electron chi connectivity index (χ2n) is 5.09. The zero-order chi connectivity index (χ0) is 15.4. The van der Waals surface area contributed by atoms with Gasteiger partial charge in [-0.05, 0) is 59.7 Å². The number of hydrazone groups is 1. The molecule has 0 aliphatic carbocycles. The van der Waals surface area contributed by atoms with Crippen molar-refractivity contribution >= 4 is 34.0 Å². The molecule has 0 spiro atoms. The number of nitrogens with zero attached hydrogens (tertiary/aromatic N) is 5. The topological polar surface area (TPSA) is 78.9 Å². The number of hydrogen-bond acceptors (Lipinski definition) is 5. The standard InChI is InChI=1S/C15H15IN6/c16-11-5-7-12(8-6-11)18-19-13(10-17)15-21-20-14-4-2-1-3-9-22(14)15/h5-8,18H,1-4,9H2/b19-13+. The van der Waals surface area contributed by atoms with E-state index in [-0.39, 0.29) is 5.71 Å². The smallest absolute Gasteiger partial charge is 0.205 e. The number of rotatable bonds is 3. The van der Waals surface area contributed by atoms with E-state index in [0.29, 0.717) is 5.82 Å². The van der Waals surface area contributed by atoms with E-state index in [4.69, 9.17) is 0 Å². The fourth-order valence-corrected chi connectivity index (χ4v) is 2.79. The van der Waals surface area contributed by atoms with E-state index in [1.54, 1.807) is 0 Å². The molecule has 22 heavy (non-hydrogen) atoms. The molecule has 0 unspecified atom stereocenters. The molecule has 0 atom stereocenters. The van der Waals surface area contributed by atoms with Gasteiger partial charge in [-0.15, -0.1) is 10.2 Å². The van der Waals surface area contributed by atoms with Gasteiger partial charge in [0.25, 0.3) is 0 Å². The number of nitrogens with one attached hydrogen (secondary N) is 1. The number of fused-ring (bicyclic) bond motifs is 1. The SMILES string of the molecule is N#C/C(=N\Nc1ccc(I)cc1)c1nnc2n1CCCCC2. The van der Waals surface area contributed by atoms with Crippen LogP contribution in [0, 0.1) is 14.9 Å². The Morgan fingerprint density at radius 3 is 2.82 bits per heavy atom. The first-order valence-electron chi connectivity index (χ1n) is 7.20. The van der Waals surface area contributed by atoms with Gasteiger partial charge < -0.3 is 4.57 Å². The summed E-state index contributed by atoms with van der Waals surface area (Å²) in [6, 6.07) is 9.92. The van der Waals surface area contributed by atoms with E-state index in [2.05, 4.69) is 49.4 Å². The zero-order valence-electron chi connectivity index (χ0n) is 12.0. The maximum Gasteiger partial charge on any atom is 0.205 e. The minimum absolute atomic E-state index is 0.263. The van der Waals surface area contributed by atoms with Gasteiger partial charge in [0.1, 0.15) is 11.9 Å². The van der Waals surface area contributed by atoms with Crippen molar-refractivity contribution in [1.29, 1.82) is 5.26 Å². The van der Waals surface area contributed by atoms with Crippen molar-refractivity contribution in [2.45, 2.75) is 32.2 Å². The summed E-state index contributed by atoms with van der Waals surface area (Å²) in [6.07, 6.45) is 4.30. The summed E-state index contributed by atoms with van der Waals surface area (Å²) >= 11 is 2.24. The molecule has 3 rings (SSSR count). The second kappa shape index (κ2) is 6.87. The van der Waals surface area contributed by atoms with Gasteiger partial charge in [-0.2, -0.15) is 10.4 Å². The van der Waals surface area contributed by atoms with Crippen molar-refractivity contribution in [3.05, 3.63) is 39.5 Å². The van der Waals surface area contributed by atoms with Crippen LogP contribution in [0.25, 0.3) is 0 Å². The van der Waals surface area contributed by atoms with Crippen LogP contribution >= 0.6 is 22.6 Å². The number of aromatic nitrogens is 3. The third-order valence-corrected chi connectivity index (χ3v) is 4.29. The molecule has 1 aromatic heterocycles. The minimum atomic E-state index is 0.263. The summed E-state index contributed by atoms with van der Waals surface area (Å²) in [5, 5.41) is 22.0. The van der Waals surface area contributed by atoms with Crippen molar-refractivity contribution in [2.24, 2.45) is 5.10 Å². The van der Waals surface area contributed by atoms with Gasteiger partial charge in [0.05, 0.1) is 5.69 Å². The van der Waals surface area contributed by atoms with E-state index in [1.807, 2.05) is 28.8 Å². The molecule has 7 heteroatoms. The summed E-state index contributed by atoms with van der Waals surface area (Å²) in [4.78, 5) is 0. The molecule has 1 aliphatic rings. The maximum absolute atomic E-state index is 9.39. The Hall–Kier alpha value is -1.95. The molecule has 0 bridgehead atoms. The number of anilines is 1. The third kappa shape index (κ3) is 3.27. The van der Waals surface area contributed by atoms with E-state index >= 15 is 0 Å². The molecule has 0 saturated heterocycles. The first-order chi connectivity index (χ1) is 10.8. The van der Waals surface area contributed by atoms with Crippen molar-refractivity contribution in [1.82, 2.24) is 14.8 Å². The van der Waals surface area contributed by atoms with Crippen molar-refractivity contribution in [2.75, 3.05) is 5.43 Å². The zero-order valence-corrected chi connectivity index (χ0v) is 14.1. The number of nitriles is 1. The minimum Gasteiger partial charge on any atom is -0.309 e. The lowest BCUT2D eigenvalue weighted by Gasteiger charge is -2.05. The molecule has 0 fully saturated rings. The van der Waals surface area contributed by atoms with Crippen LogP contribution in [-0.4, -0.2) is 20.5 Å². The Labute approximate surface area is 142 Å². The largest absolute Gasteiger partial charge is 0.309 e. The molecule has 1 aliphatic heterocycles. The predicted molar refractivity (Wildman–Crippen MR) is 92.5 cm³/mol. The number of aryl methyl sites for hydroxylation is 1. The fraction of sp³-hybridized carbons (Fsp3) is 0.333. The molecular weight excluding hydrogens is 391 g/mol. The average Bonchev–Trinajstić information content (AvgIpc) is 2.79. The van der Waals surface area contributed by atoms with Gasteiger partial charge in [0, 0.05) is 16.5 Å². The van der Waals surface area contributed by atoms with Crippen LogP contribution in [0.15, 0.2) is 29.4 Å². The van der Waals surface area contributed by atoms with Crippen LogP contribution < -0.4 is 5.43 Å². The van der Waals surface area contributed by atoms with Gasteiger partial charge in [-0.1, -0.05) is 6.42 Å². The van der Waals surface area contributed by atoms with Crippen molar-refractivity contribution in [3.63, 3.8) is 0 Å². The second-order valence-corrected chi connectivity index (χ2v) is 6.34. The Morgan fingerprint density at radius 1 is 1.23 bits per heavy atom. The first kappa shape index (κ1) is 15.0. The molecule has 112 valence electrons. The quantitative estimate of drug-likeness (QED) is 0.483. The highest BCUT2D eigenvalue weighted by atomic mass is 127. The van der Waals surface area contributed by atoms with Crippen LogP contribution in [0.5, 0.6) is 0 Å². The normalized spacial score (nSPS) is 14.8. The van der Waals surface area contributed by atoms with Crippen LogP contribution in [0.2, 0.25) is 0 Å². The van der Waals surface area contributed by atoms with E-state index in [1.165, 1.54) is 6.42 Å². The van der Waals surface area contributed by atoms with Gasteiger partial charge >= 0.3 is 0 Å². The molecule has 0 amide bonds. The van der Waals surface area contributed by atoms with E-state index < -0.39 is 0 Å². The number of benzene rings is 1. The average molecular weight is 406 g/mol. The lowest BCUT2D eigenvalue weighted by atomic mass is 10.2. The van der Waals surface area contributed by atoms with Gasteiger partial charge in [-0.3, -0.25) is 5.43 Å². The lowest BCUT2D eigenvalue weighted by Crippen LogP contribution is -2.12. The van der Waals surface area contributed by atoms with Gasteiger partial charge in [-0.25, -0.2) is 0 Å². The number of hydrogen-bond donors (Lipinski definition) is 1. The lowest BCUT2D eigenvalue weighted by molar-refractivity contribution is 0.628. The summed E-state index contributed by atoms with van der Waals surface area (Å²) in [7, 11) is 0. The van der Waals surface area contributed by atoms with Crippen molar-refractivity contribution in [3.8, 4) is 6.07 Å². The van der Waals surface area contributed by atoms with Gasteiger partial charge in [0.15, 0.2) is 5.82 Å². The molecule has 2 heterocycles. The summed E-state index contributed by atoms with van der Waals surface area (Å²) in [6.45, 7) is 0.849. The Kier molecular flexibility index (Phi) is 4.68. The fourth-order valence-electron chi connectivity index (χ4n) is 2.43. The molecular formula is C15H15IN6. The number of halogens is 1. The summed E-state index contributed by atoms with van der Waals surface area (Å²) in [5.74, 6) is 1.50. The third-order valence-electron chi connectivity index (χ3n) is 3.57. The van der Waals surface area contributed by atoms with Crippen LogP contribution in [0.3, 0.4) is 0 Å². The summed E-state index contributed by atoms with van der Waals surface area (Å²) in [5.41, 5.74) is 4.01. The summed E-state index contributed by atoms with van der Waals surface area (Å²) < 4.78 is 3.17. The van der Waals surface area contributed by atoms with E-state index in [0.717, 1.165) is 40.9 Å². The Balaban J connectivity index is 1.85. The highest BCUT2D eigenvalue weighted by molar-refractivity contribution is 14.1. The molecule has 1 N–H and O–H groups in total. The van der Waals surface area contributed by atoms with Gasteiger partial charge in [0.2, 0.25) is 5.71 Å². The molecule has 1 aromatic carbocycles. The highest BCUT2D eigenvalue weighted by Crippen LogP contribution is 2.15. The molecule has 6 nitrogen and oxygen atoms in total. The highest BCUT2D eigenvalue weighted by Gasteiger charge is 2.18. The van der Waals surface area contributed by atoms with E-state index in [9.17, 15) is 5.26 Å². The molecule has 2 aromatic rings. The Morgan fingerprint density at radius 2 is 2.05 bits per heavy atom. The maximum atomic E-state index is 9.39. The predicted octanol–water partition coefficient (Wildman–Crippen LogP) is 2.95. The van der Waals surface area contributed by atoms with Crippen LogP contribution in [0.1, 0.15) is 30.9 Å². The first-order valence-corrected chi connectivity index (χ1v) is 8.27. The van der Waals surface area contributed by atoms with Crippen LogP contribution in [0.4, 0.5) is 5.69 Å². The van der Waals surface area contributed by atoms with Crippen molar-refractivity contribution < 1.29 is 0 Å².